The number of benzene rings is 2. The van der Waals surface area contributed by atoms with Crippen molar-refractivity contribution in [3.8, 4) is 0 Å². The molecule has 2 atom stereocenters. The van der Waals surface area contributed by atoms with E-state index in [2.05, 4.69) is 25.9 Å². The Morgan fingerprint density at radius 3 is 1.51 bits per heavy atom. The summed E-state index contributed by atoms with van der Waals surface area (Å²) in [7, 11) is 2.26. The second-order valence-corrected chi connectivity index (χ2v) is 12.4. The van der Waals surface area contributed by atoms with E-state index in [0.717, 1.165) is 32.7 Å². The maximum Gasteiger partial charge on any atom is 0.408 e. The number of alkyl carbamates (subject to hydrolysis) is 2. The number of amides is 3. The van der Waals surface area contributed by atoms with E-state index < -0.39 is 42.2 Å². The zero-order chi connectivity index (χ0) is 33.3. The number of rotatable bonds is 16. The van der Waals surface area contributed by atoms with Gasteiger partial charge in [0.2, 0.25) is 5.91 Å². The van der Waals surface area contributed by atoms with E-state index in [1.165, 1.54) is 0 Å². The molecule has 0 fully saturated rings. The molecule has 244 valence electrons. The molecule has 0 bridgehead atoms. The van der Waals surface area contributed by atoms with Crippen LogP contribution in [-0.2, 0) is 32.3 Å². The van der Waals surface area contributed by atoms with Crippen molar-refractivity contribution in [1.82, 2.24) is 25.9 Å². The number of carbonyl (C=O) groups excluding carboxylic acids is 3. The van der Waals surface area contributed by atoms with Gasteiger partial charge in [-0.3, -0.25) is 14.8 Å². The summed E-state index contributed by atoms with van der Waals surface area (Å²) in [5.74, 6) is -1.79. The van der Waals surface area contributed by atoms with Gasteiger partial charge in [0.15, 0.2) is 0 Å². The van der Waals surface area contributed by atoms with Gasteiger partial charge in [0.1, 0.15) is 31.3 Å². The van der Waals surface area contributed by atoms with Gasteiger partial charge in [0.25, 0.3) is 0 Å². The summed E-state index contributed by atoms with van der Waals surface area (Å²) in [4.78, 5) is 59.3. The maximum atomic E-state index is 13.7. The molecule has 0 radical (unpaired) electrons. The third-order valence-electron chi connectivity index (χ3n) is 6.43. The first-order chi connectivity index (χ1) is 22.9. The van der Waals surface area contributed by atoms with Crippen LogP contribution in [0.1, 0.15) is 28.6 Å². The molecular formula is C33H33N5O7S2. The molecule has 4 rings (SSSR count). The summed E-state index contributed by atoms with van der Waals surface area (Å²) in [5, 5.41) is 17.5. The zero-order valence-electron chi connectivity index (χ0n) is 25.1. The van der Waals surface area contributed by atoms with Gasteiger partial charge in [-0.15, -0.1) is 0 Å². The molecule has 2 heterocycles. The SMILES string of the molecule is O=C(N[C@@H](CSSC[C@H](NC(=O)OCc1ccccc1)C(=O)NC(c1ccccn1)c1ccccn1)C(=O)O)OCc1ccccc1. The first-order valence-corrected chi connectivity index (χ1v) is 16.9. The van der Waals surface area contributed by atoms with Crippen LogP contribution in [0.3, 0.4) is 0 Å². The summed E-state index contributed by atoms with van der Waals surface area (Å²) >= 11 is 0. The fourth-order valence-electron chi connectivity index (χ4n) is 4.04. The number of hydrogen-bond donors (Lipinski definition) is 4. The lowest BCUT2D eigenvalue weighted by Gasteiger charge is -2.23. The number of aromatic nitrogens is 2. The lowest BCUT2D eigenvalue weighted by atomic mass is 10.1. The number of nitrogens with zero attached hydrogens (tertiary/aromatic N) is 2. The first-order valence-electron chi connectivity index (χ1n) is 14.4. The fourth-order valence-corrected chi connectivity index (χ4v) is 6.36. The smallest absolute Gasteiger partial charge is 0.408 e. The molecule has 3 amide bonds. The summed E-state index contributed by atoms with van der Waals surface area (Å²) in [6, 6.07) is 25.6. The van der Waals surface area contributed by atoms with Crippen molar-refractivity contribution in [3.05, 3.63) is 132 Å². The molecule has 2 aromatic heterocycles. The first kappa shape index (κ1) is 34.8. The number of carboxylic acid groups (broad SMARTS) is 1. The number of carbonyl (C=O) groups is 4. The van der Waals surface area contributed by atoms with Gasteiger partial charge < -0.3 is 30.5 Å². The normalized spacial score (nSPS) is 11.9. The van der Waals surface area contributed by atoms with E-state index in [1.807, 2.05) is 24.3 Å². The van der Waals surface area contributed by atoms with Gasteiger partial charge in [0.05, 0.1) is 11.4 Å². The molecular weight excluding hydrogens is 643 g/mol. The highest BCUT2D eigenvalue weighted by molar-refractivity contribution is 8.76. The molecule has 0 aliphatic heterocycles. The van der Waals surface area contributed by atoms with Gasteiger partial charge in [-0.25, -0.2) is 14.4 Å². The molecule has 0 saturated carbocycles. The fraction of sp³-hybridized carbons (Fsp3) is 0.212. The molecule has 0 spiro atoms. The Kier molecular flexibility index (Phi) is 13.9. The van der Waals surface area contributed by atoms with Crippen molar-refractivity contribution in [2.75, 3.05) is 11.5 Å². The lowest BCUT2D eigenvalue weighted by molar-refractivity contribution is -0.138. The molecule has 47 heavy (non-hydrogen) atoms. The van der Waals surface area contributed by atoms with Gasteiger partial charge in [0, 0.05) is 23.9 Å². The quantitative estimate of drug-likeness (QED) is 0.0956. The van der Waals surface area contributed by atoms with Crippen molar-refractivity contribution in [1.29, 1.82) is 0 Å². The van der Waals surface area contributed by atoms with Crippen molar-refractivity contribution in [3.63, 3.8) is 0 Å². The van der Waals surface area contributed by atoms with Crippen molar-refractivity contribution < 1.29 is 33.8 Å². The molecule has 0 aliphatic rings. The Labute approximate surface area is 279 Å². The monoisotopic (exact) mass is 675 g/mol. The van der Waals surface area contributed by atoms with E-state index in [-0.39, 0.29) is 24.7 Å². The summed E-state index contributed by atoms with van der Waals surface area (Å²) in [6.07, 6.45) is 1.52. The van der Waals surface area contributed by atoms with Crippen LogP contribution in [0.2, 0.25) is 0 Å². The van der Waals surface area contributed by atoms with Crippen LogP contribution in [0.5, 0.6) is 0 Å². The van der Waals surface area contributed by atoms with Crippen molar-refractivity contribution in [2.24, 2.45) is 0 Å². The number of nitrogens with one attached hydrogen (secondary N) is 3. The molecule has 4 aromatic rings. The van der Waals surface area contributed by atoms with Gasteiger partial charge in [-0.2, -0.15) is 0 Å². The molecule has 0 aliphatic carbocycles. The van der Waals surface area contributed by atoms with Crippen molar-refractivity contribution >= 4 is 45.7 Å². The van der Waals surface area contributed by atoms with Crippen LogP contribution in [0.15, 0.2) is 109 Å². The molecule has 14 heteroatoms. The maximum absolute atomic E-state index is 13.7. The Morgan fingerprint density at radius 2 is 1.06 bits per heavy atom. The third kappa shape index (κ3) is 12.0. The Hall–Kier alpha value is -5.08. The lowest BCUT2D eigenvalue weighted by Crippen LogP contribution is -2.49. The average Bonchev–Trinajstić information content (AvgIpc) is 3.11. The minimum atomic E-state index is -1.26. The summed E-state index contributed by atoms with van der Waals surface area (Å²) in [6.45, 7) is -0.0124. The highest BCUT2D eigenvalue weighted by Gasteiger charge is 2.28. The zero-order valence-corrected chi connectivity index (χ0v) is 26.7. The molecule has 4 N–H and O–H groups in total. The average molecular weight is 676 g/mol. The van der Waals surface area contributed by atoms with Gasteiger partial charge in [-0.1, -0.05) is 94.4 Å². The Morgan fingerprint density at radius 1 is 0.617 bits per heavy atom. The standard InChI is InChI=1S/C33H33N5O7S2/c39-30(38-29(25-15-7-9-17-34-25)26-16-8-10-18-35-26)27(36-32(42)44-19-23-11-3-1-4-12-23)21-46-47-22-28(31(40)41)37-33(43)45-20-24-13-5-2-6-14-24/h1-18,27-29H,19-22H2,(H,36,42)(H,37,43)(H,38,39)(H,40,41)/t27-,28-/m0/s1. The number of hydrogen-bond acceptors (Lipinski definition) is 10. The van der Waals surface area contributed by atoms with Crippen LogP contribution >= 0.6 is 21.6 Å². The highest BCUT2D eigenvalue weighted by atomic mass is 33.1. The van der Waals surface area contributed by atoms with Crippen LogP contribution in [0.25, 0.3) is 0 Å². The largest absolute Gasteiger partial charge is 0.480 e. The summed E-state index contributed by atoms with van der Waals surface area (Å²) < 4.78 is 10.5. The number of carboxylic acids is 1. The molecule has 12 nitrogen and oxygen atoms in total. The number of pyridine rings is 2. The van der Waals surface area contributed by atoms with Crippen molar-refractivity contribution in [2.45, 2.75) is 31.3 Å². The minimum Gasteiger partial charge on any atom is -0.480 e. The molecule has 2 aromatic carbocycles. The second-order valence-electron chi connectivity index (χ2n) is 9.88. The van der Waals surface area contributed by atoms with Crippen LogP contribution < -0.4 is 16.0 Å². The van der Waals surface area contributed by atoms with E-state index >= 15 is 0 Å². The van der Waals surface area contributed by atoms with Gasteiger partial charge in [-0.05, 0) is 35.4 Å². The van der Waals surface area contributed by atoms with Crippen LogP contribution in [0.4, 0.5) is 9.59 Å². The predicted octanol–water partition coefficient (Wildman–Crippen LogP) is 4.74. The molecule has 0 unspecified atom stereocenters. The Bertz CT molecular complexity index is 1530. The predicted molar refractivity (Wildman–Crippen MR) is 178 cm³/mol. The Balaban J connectivity index is 1.38. The highest BCUT2D eigenvalue weighted by Crippen LogP contribution is 2.24. The topological polar surface area (TPSA) is 169 Å². The van der Waals surface area contributed by atoms with Crippen LogP contribution in [-0.4, -0.2) is 62.7 Å². The third-order valence-corrected chi connectivity index (χ3v) is 8.85. The van der Waals surface area contributed by atoms with E-state index in [0.29, 0.717) is 11.4 Å². The minimum absolute atomic E-state index is 0.000264. The molecule has 0 saturated heterocycles. The summed E-state index contributed by atoms with van der Waals surface area (Å²) in [5.41, 5.74) is 2.61. The van der Waals surface area contributed by atoms with Crippen LogP contribution in [0, 0.1) is 0 Å². The number of ether oxygens (including phenoxy) is 2. The van der Waals surface area contributed by atoms with E-state index in [4.69, 9.17) is 9.47 Å². The van der Waals surface area contributed by atoms with E-state index in [1.54, 1.807) is 85.2 Å². The number of aliphatic carboxylic acids is 1. The second kappa shape index (κ2) is 18.8. The van der Waals surface area contributed by atoms with Gasteiger partial charge >= 0.3 is 18.2 Å². The van der Waals surface area contributed by atoms with E-state index in [9.17, 15) is 24.3 Å².